The summed E-state index contributed by atoms with van der Waals surface area (Å²) in [7, 11) is 2.52. The number of carbonyl (C=O) groups is 2. The molecule has 1 aliphatic heterocycles. The molecule has 7 heteroatoms. The zero-order chi connectivity index (χ0) is 19.2. The summed E-state index contributed by atoms with van der Waals surface area (Å²) in [4.78, 5) is 30.4. The highest BCUT2D eigenvalue weighted by atomic mass is 16.5. The van der Waals surface area contributed by atoms with E-state index in [0.29, 0.717) is 19.7 Å². The summed E-state index contributed by atoms with van der Waals surface area (Å²) in [6.45, 7) is 1.89. The molecule has 0 radical (unpaired) electrons. The van der Waals surface area contributed by atoms with Crippen molar-refractivity contribution in [1.82, 2.24) is 4.98 Å². The summed E-state index contributed by atoms with van der Waals surface area (Å²) in [6.07, 6.45) is 1.96. The van der Waals surface area contributed by atoms with Crippen LogP contribution in [-0.4, -0.2) is 44.3 Å². The minimum Gasteiger partial charge on any atom is -0.491 e. The fourth-order valence-electron chi connectivity index (χ4n) is 3.09. The van der Waals surface area contributed by atoms with E-state index in [1.807, 2.05) is 36.4 Å². The number of ether oxygens (including phenoxy) is 3. The van der Waals surface area contributed by atoms with Gasteiger partial charge in [0.2, 0.25) is 0 Å². The van der Waals surface area contributed by atoms with Crippen molar-refractivity contribution in [2.24, 2.45) is 5.92 Å². The van der Waals surface area contributed by atoms with Gasteiger partial charge < -0.3 is 19.1 Å². The van der Waals surface area contributed by atoms with Gasteiger partial charge in [-0.1, -0.05) is 18.2 Å². The Morgan fingerprint density at radius 3 is 2.63 bits per heavy atom. The molecule has 1 aromatic heterocycles. The van der Waals surface area contributed by atoms with Gasteiger partial charge in [0.25, 0.3) is 0 Å². The number of hydrogen-bond donors (Lipinski definition) is 0. The van der Waals surface area contributed by atoms with Crippen LogP contribution in [0.1, 0.15) is 11.1 Å². The number of anilines is 1. The van der Waals surface area contributed by atoms with Crippen LogP contribution in [0.2, 0.25) is 0 Å². The lowest BCUT2D eigenvalue weighted by Crippen LogP contribution is -2.28. The molecule has 1 aromatic carbocycles. The van der Waals surface area contributed by atoms with Gasteiger partial charge in [0.1, 0.15) is 18.2 Å². The zero-order valence-electron chi connectivity index (χ0n) is 15.4. The van der Waals surface area contributed by atoms with Crippen LogP contribution in [0, 0.1) is 5.92 Å². The molecule has 0 N–H and O–H groups in total. The summed E-state index contributed by atoms with van der Waals surface area (Å²) < 4.78 is 15.3. The molecule has 0 bridgehead atoms. The number of hydrogen-bond acceptors (Lipinski definition) is 7. The molecule has 0 amide bonds. The number of pyridine rings is 1. The van der Waals surface area contributed by atoms with Gasteiger partial charge in [0, 0.05) is 18.3 Å². The Bertz CT molecular complexity index is 793. The van der Waals surface area contributed by atoms with E-state index >= 15 is 0 Å². The lowest BCUT2D eigenvalue weighted by Gasteiger charge is -2.21. The zero-order valence-corrected chi connectivity index (χ0v) is 15.4. The lowest BCUT2D eigenvalue weighted by molar-refractivity contribution is -0.158. The second kappa shape index (κ2) is 8.53. The molecule has 142 valence electrons. The highest BCUT2D eigenvalue weighted by Gasteiger charge is 2.29. The Morgan fingerprint density at radius 1 is 1.19 bits per heavy atom. The van der Waals surface area contributed by atoms with Crippen molar-refractivity contribution in [1.29, 1.82) is 0 Å². The number of aromatic nitrogens is 1. The van der Waals surface area contributed by atoms with Crippen LogP contribution in [-0.2, 0) is 32.0 Å². The molecule has 0 atom stereocenters. The van der Waals surface area contributed by atoms with E-state index in [2.05, 4.69) is 9.88 Å². The van der Waals surface area contributed by atoms with Gasteiger partial charge in [0.05, 0.1) is 20.8 Å². The number of rotatable bonds is 5. The Balaban J connectivity index is 1.83. The maximum absolute atomic E-state index is 11.9. The van der Waals surface area contributed by atoms with Gasteiger partial charge in [0.15, 0.2) is 5.92 Å². The quantitative estimate of drug-likeness (QED) is 0.588. The third-order valence-corrected chi connectivity index (χ3v) is 4.49. The van der Waals surface area contributed by atoms with E-state index in [0.717, 1.165) is 22.7 Å². The van der Waals surface area contributed by atoms with Crippen LogP contribution in [0.3, 0.4) is 0 Å². The summed E-state index contributed by atoms with van der Waals surface area (Å²) >= 11 is 0. The van der Waals surface area contributed by atoms with E-state index in [4.69, 9.17) is 14.2 Å². The fraction of sp³-hybridized carbons (Fsp3) is 0.350. The molecule has 0 saturated heterocycles. The average Bonchev–Trinajstić information content (AvgIpc) is 2.93. The average molecular weight is 370 g/mol. The molecule has 0 fully saturated rings. The number of esters is 2. The molecule has 0 spiro atoms. The van der Waals surface area contributed by atoms with Crippen molar-refractivity contribution >= 4 is 17.8 Å². The van der Waals surface area contributed by atoms with Crippen LogP contribution in [0.4, 0.5) is 5.82 Å². The number of nitrogens with zero attached hydrogens (tertiary/aromatic N) is 2. The van der Waals surface area contributed by atoms with Crippen LogP contribution < -0.4 is 9.64 Å². The number of carbonyl (C=O) groups excluding carboxylic acids is 2. The Labute approximate surface area is 157 Å². The molecule has 27 heavy (non-hydrogen) atoms. The molecule has 0 saturated carbocycles. The van der Waals surface area contributed by atoms with E-state index in [9.17, 15) is 9.59 Å². The first-order valence-electron chi connectivity index (χ1n) is 8.68. The van der Waals surface area contributed by atoms with Crippen LogP contribution in [0.25, 0.3) is 0 Å². The molecule has 0 unspecified atom stereocenters. The summed E-state index contributed by atoms with van der Waals surface area (Å²) in [5.74, 6) is -0.533. The Kier molecular flexibility index (Phi) is 5.90. The number of methoxy groups -OCH3 is 2. The van der Waals surface area contributed by atoms with Gasteiger partial charge in [-0.3, -0.25) is 9.59 Å². The number of fused-ring (bicyclic) bond motifs is 1. The summed E-state index contributed by atoms with van der Waals surface area (Å²) in [5, 5.41) is 0. The van der Waals surface area contributed by atoms with Gasteiger partial charge in [-0.05, 0) is 30.2 Å². The third kappa shape index (κ3) is 4.36. The first kappa shape index (κ1) is 18.7. The maximum atomic E-state index is 11.9. The molecule has 7 nitrogen and oxygen atoms in total. The van der Waals surface area contributed by atoms with Gasteiger partial charge in [-0.25, -0.2) is 4.98 Å². The van der Waals surface area contributed by atoms with Crippen molar-refractivity contribution in [2.75, 3.05) is 32.3 Å². The van der Waals surface area contributed by atoms with E-state index in [1.54, 1.807) is 6.20 Å². The third-order valence-electron chi connectivity index (χ3n) is 4.49. The standard InChI is InChI=1S/C20H22N2O5/c1-25-19(23)16(20(24)26-2)12-14-6-7-17-15(11-14)13-22(9-10-27-17)18-5-3-4-8-21-18/h3-8,11,16H,9-10,12-13H2,1-2H3. The van der Waals surface area contributed by atoms with E-state index in [-0.39, 0.29) is 6.42 Å². The minimum absolute atomic E-state index is 0.205. The fourth-order valence-corrected chi connectivity index (χ4v) is 3.09. The second-order valence-electron chi connectivity index (χ2n) is 6.20. The molecule has 3 rings (SSSR count). The monoisotopic (exact) mass is 370 g/mol. The van der Waals surface area contributed by atoms with Crippen LogP contribution in [0.15, 0.2) is 42.6 Å². The highest BCUT2D eigenvalue weighted by molar-refractivity contribution is 5.95. The van der Waals surface area contributed by atoms with Crippen LogP contribution >= 0.6 is 0 Å². The van der Waals surface area contributed by atoms with E-state index < -0.39 is 17.9 Å². The van der Waals surface area contributed by atoms with Crippen molar-refractivity contribution in [3.63, 3.8) is 0 Å². The van der Waals surface area contributed by atoms with Crippen molar-refractivity contribution in [2.45, 2.75) is 13.0 Å². The predicted molar refractivity (Wildman–Crippen MR) is 98.5 cm³/mol. The van der Waals surface area contributed by atoms with Crippen molar-refractivity contribution < 1.29 is 23.8 Å². The first-order chi connectivity index (χ1) is 13.1. The molecular weight excluding hydrogens is 348 g/mol. The first-order valence-corrected chi connectivity index (χ1v) is 8.68. The summed E-state index contributed by atoms with van der Waals surface area (Å²) in [6, 6.07) is 11.5. The Hall–Kier alpha value is -3.09. The predicted octanol–water partition coefficient (Wildman–Crippen LogP) is 1.99. The highest BCUT2D eigenvalue weighted by Crippen LogP contribution is 2.27. The molecule has 2 heterocycles. The second-order valence-corrected chi connectivity index (χ2v) is 6.20. The topological polar surface area (TPSA) is 78.0 Å². The number of benzene rings is 1. The van der Waals surface area contributed by atoms with Crippen molar-refractivity contribution in [3.05, 3.63) is 53.7 Å². The van der Waals surface area contributed by atoms with Gasteiger partial charge >= 0.3 is 11.9 Å². The molecule has 1 aliphatic rings. The van der Waals surface area contributed by atoms with Gasteiger partial charge in [-0.2, -0.15) is 0 Å². The van der Waals surface area contributed by atoms with Crippen LogP contribution in [0.5, 0.6) is 5.75 Å². The molecule has 0 aliphatic carbocycles. The van der Waals surface area contributed by atoms with Crippen molar-refractivity contribution in [3.8, 4) is 5.75 Å². The van der Waals surface area contributed by atoms with E-state index in [1.165, 1.54) is 14.2 Å². The Morgan fingerprint density at radius 2 is 1.96 bits per heavy atom. The smallest absolute Gasteiger partial charge is 0.320 e. The molecular formula is C20H22N2O5. The molecule has 2 aromatic rings. The SMILES string of the molecule is COC(=O)C(Cc1ccc2c(c1)CN(c1ccccn1)CCO2)C(=O)OC. The minimum atomic E-state index is -0.989. The lowest BCUT2D eigenvalue weighted by atomic mass is 9.97. The maximum Gasteiger partial charge on any atom is 0.320 e. The largest absolute Gasteiger partial charge is 0.491 e. The normalized spacial score (nSPS) is 13.4. The summed E-state index contributed by atoms with van der Waals surface area (Å²) in [5.41, 5.74) is 1.81. The van der Waals surface area contributed by atoms with Gasteiger partial charge in [-0.15, -0.1) is 0 Å².